The van der Waals surface area contributed by atoms with Crippen molar-refractivity contribution in [1.82, 2.24) is 5.32 Å². The molecular weight excluding hydrogens is 218 g/mol. The molecule has 96 valence electrons. The lowest BCUT2D eigenvalue weighted by Gasteiger charge is -2.18. The molecule has 1 aliphatic heterocycles. The first-order chi connectivity index (χ1) is 8.31. The van der Waals surface area contributed by atoms with Gasteiger partial charge in [0.25, 0.3) is 0 Å². The molecule has 2 rings (SSSR count). The first-order valence-corrected chi connectivity index (χ1v) is 6.35. The van der Waals surface area contributed by atoms with E-state index in [4.69, 9.17) is 9.15 Å². The highest BCUT2D eigenvalue weighted by atomic mass is 16.5. The number of hydrogen-bond acceptors (Lipinski definition) is 4. The minimum Gasteiger partial charge on any atom is -0.467 e. The molecule has 1 aliphatic rings. The third-order valence-electron chi connectivity index (χ3n) is 3.36. The Morgan fingerprint density at radius 1 is 1.59 bits per heavy atom. The predicted octanol–water partition coefficient (Wildman–Crippen LogP) is 1.72. The molecule has 0 amide bonds. The van der Waals surface area contributed by atoms with Gasteiger partial charge in [-0.3, -0.25) is 0 Å². The normalized spacial score (nSPS) is 26.2. The van der Waals surface area contributed by atoms with Gasteiger partial charge in [-0.2, -0.15) is 0 Å². The molecule has 17 heavy (non-hydrogen) atoms. The summed E-state index contributed by atoms with van der Waals surface area (Å²) in [4.78, 5) is 0. The van der Waals surface area contributed by atoms with E-state index in [-0.39, 0.29) is 0 Å². The summed E-state index contributed by atoms with van der Waals surface area (Å²) in [5, 5.41) is 13.1. The average molecular weight is 239 g/mol. The maximum atomic E-state index is 9.82. The highest BCUT2D eigenvalue weighted by Crippen LogP contribution is 2.22. The van der Waals surface area contributed by atoms with Gasteiger partial charge in [0.2, 0.25) is 0 Å². The molecule has 0 bridgehead atoms. The Hall–Kier alpha value is -0.840. The average Bonchev–Trinajstić information content (AvgIpc) is 2.99. The fraction of sp³-hybridized carbons (Fsp3) is 0.692. The van der Waals surface area contributed by atoms with E-state index < -0.39 is 6.10 Å². The van der Waals surface area contributed by atoms with Crippen molar-refractivity contribution >= 4 is 0 Å². The van der Waals surface area contributed by atoms with Crippen LogP contribution >= 0.6 is 0 Å². The van der Waals surface area contributed by atoms with Gasteiger partial charge in [0, 0.05) is 19.7 Å². The highest BCUT2D eigenvalue weighted by Gasteiger charge is 2.26. The predicted molar refractivity (Wildman–Crippen MR) is 64.7 cm³/mol. The molecule has 0 radical (unpaired) electrons. The summed E-state index contributed by atoms with van der Waals surface area (Å²) in [6, 6.07) is 3.58. The van der Waals surface area contributed by atoms with Crippen LogP contribution in [0.5, 0.6) is 0 Å². The van der Waals surface area contributed by atoms with Crippen LogP contribution in [0.15, 0.2) is 22.8 Å². The van der Waals surface area contributed by atoms with Gasteiger partial charge in [0.1, 0.15) is 11.9 Å². The molecule has 0 aliphatic carbocycles. The zero-order chi connectivity index (χ0) is 12.1. The topological polar surface area (TPSA) is 54.6 Å². The number of hydrogen-bond donors (Lipinski definition) is 2. The minimum atomic E-state index is -0.563. The van der Waals surface area contributed by atoms with Crippen molar-refractivity contribution in [2.75, 3.05) is 19.7 Å². The number of aliphatic hydroxyl groups excluding tert-OH is 1. The molecule has 1 aromatic rings. The molecule has 3 atom stereocenters. The van der Waals surface area contributed by atoms with Crippen LogP contribution in [0.3, 0.4) is 0 Å². The van der Waals surface area contributed by atoms with Crippen molar-refractivity contribution in [3.63, 3.8) is 0 Å². The van der Waals surface area contributed by atoms with E-state index in [0.717, 1.165) is 26.0 Å². The molecule has 0 saturated carbocycles. The molecule has 2 heterocycles. The fourth-order valence-corrected chi connectivity index (χ4v) is 2.36. The molecule has 0 spiro atoms. The van der Waals surface area contributed by atoms with Gasteiger partial charge >= 0.3 is 0 Å². The third kappa shape index (κ3) is 3.31. The van der Waals surface area contributed by atoms with Crippen molar-refractivity contribution in [3.05, 3.63) is 24.2 Å². The van der Waals surface area contributed by atoms with Crippen LogP contribution in [-0.4, -0.2) is 30.9 Å². The number of ether oxygens (including phenoxy) is 1. The molecule has 4 heteroatoms. The lowest BCUT2D eigenvalue weighted by atomic mass is 10.00. The van der Waals surface area contributed by atoms with Gasteiger partial charge in [-0.1, -0.05) is 6.92 Å². The van der Waals surface area contributed by atoms with Gasteiger partial charge in [-0.05, 0) is 30.9 Å². The van der Waals surface area contributed by atoms with E-state index in [1.54, 1.807) is 18.4 Å². The summed E-state index contributed by atoms with van der Waals surface area (Å²) in [6.07, 6.45) is 3.57. The van der Waals surface area contributed by atoms with Gasteiger partial charge in [0.15, 0.2) is 0 Å². The second kappa shape index (κ2) is 6.19. The monoisotopic (exact) mass is 239 g/mol. The summed E-state index contributed by atoms with van der Waals surface area (Å²) < 4.78 is 10.8. The molecule has 4 nitrogen and oxygen atoms in total. The first kappa shape index (κ1) is 12.6. The Morgan fingerprint density at radius 3 is 3.18 bits per heavy atom. The van der Waals surface area contributed by atoms with Gasteiger partial charge in [-0.25, -0.2) is 0 Å². The maximum Gasteiger partial charge on any atom is 0.133 e. The summed E-state index contributed by atoms with van der Waals surface area (Å²) in [5.74, 6) is 1.19. The molecule has 0 aromatic carbocycles. The Labute approximate surface area is 102 Å². The molecule has 1 aromatic heterocycles. The number of aliphatic hydroxyl groups is 1. The van der Waals surface area contributed by atoms with E-state index in [2.05, 4.69) is 12.2 Å². The van der Waals surface area contributed by atoms with Crippen molar-refractivity contribution < 1.29 is 14.3 Å². The van der Waals surface area contributed by atoms with E-state index in [1.807, 2.05) is 0 Å². The summed E-state index contributed by atoms with van der Waals surface area (Å²) >= 11 is 0. The number of nitrogens with one attached hydrogen (secondary N) is 1. The Morgan fingerprint density at radius 2 is 2.47 bits per heavy atom. The second-order valence-electron chi connectivity index (χ2n) is 4.56. The zero-order valence-electron chi connectivity index (χ0n) is 10.3. The Balaban J connectivity index is 1.69. The van der Waals surface area contributed by atoms with Crippen LogP contribution in [-0.2, 0) is 4.74 Å². The maximum absolute atomic E-state index is 9.82. The zero-order valence-corrected chi connectivity index (χ0v) is 10.3. The second-order valence-corrected chi connectivity index (χ2v) is 4.56. The van der Waals surface area contributed by atoms with Crippen LogP contribution in [0.25, 0.3) is 0 Å². The fourth-order valence-electron chi connectivity index (χ4n) is 2.36. The molecule has 1 fully saturated rings. The lowest BCUT2D eigenvalue weighted by Crippen LogP contribution is -2.31. The van der Waals surface area contributed by atoms with Crippen LogP contribution < -0.4 is 5.32 Å². The highest BCUT2D eigenvalue weighted by molar-refractivity contribution is 5.02. The van der Waals surface area contributed by atoms with Gasteiger partial charge in [-0.15, -0.1) is 0 Å². The van der Waals surface area contributed by atoms with E-state index >= 15 is 0 Å². The summed E-state index contributed by atoms with van der Waals surface area (Å²) in [6.45, 7) is 4.45. The standard InChI is InChI=1S/C13H21NO3/c1-2-12-10(5-7-17-12)8-14-9-11(15)13-4-3-6-16-13/h3-4,6,10-12,14-15H,2,5,7-9H2,1H3. The van der Waals surface area contributed by atoms with Gasteiger partial charge in [0.05, 0.1) is 12.4 Å². The quantitative estimate of drug-likeness (QED) is 0.793. The van der Waals surface area contributed by atoms with Gasteiger partial charge < -0.3 is 19.6 Å². The van der Waals surface area contributed by atoms with Crippen LogP contribution in [0.1, 0.15) is 31.6 Å². The van der Waals surface area contributed by atoms with E-state index in [1.165, 1.54) is 0 Å². The first-order valence-electron chi connectivity index (χ1n) is 6.35. The molecular formula is C13H21NO3. The van der Waals surface area contributed by atoms with Crippen molar-refractivity contribution in [2.45, 2.75) is 32.0 Å². The summed E-state index contributed by atoms with van der Waals surface area (Å²) in [7, 11) is 0. The van der Waals surface area contributed by atoms with Crippen LogP contribution in [0, 0.1) is 5.92 Å². The smallest absolute Gasteiger partial charge is 0.133 e. The van der Waals surface area contributed by atoms with E-state index in [0.29, 0.717) is 24.3 Å². The minimum absolute atomic E-state index is 0.378. The molecule has 1 saturated heterocycles. The Kier molecular flexibility index (Phi) is 4.59. The van der Waals surface area contributed by atoms with Crippen molar-refractivity contribution in [1.29, 1.82) is 0 Å². The van der Waals surface area contributed by atoms with Crippen molar-refractivity contribution in [3.8, 4) is 0 Å². The largest absolute Gasteiger partial charge is 0.467 e. The van der Waals surface area contributed by atoms with Crippen LogP contribution in [0.2, 0.25) is 0 Å². The number of rotatable bonds is 6. The van der Waals surface area contributed by atoms with Crippen LogP contribution in [0.4, 0.5) is 0 Å². The molecule has 2 N–H and O–H groups in total. The Bertz CT molecular complexity index is 312. The molecule has 3 unspecified atom stereocenters. The SMILES string of the molecule is CCC1OCCC1CNCC(O)c1ccco1. The van der Waals surface area contributed by atoms with Crippen molar-refractivity contribution in [2.24, 2.45) is 5.92 Å². The third-order valence-corrected chi connectivity index (χ3v) is 3.36. The lowest BCUT2D eigenvalue weighted by molar-refractivity contribution is 0.0851. The van der Waals surface area contributed by atoms with E-state index in [9.17, 15) is 5.11 Å². The number of furan rings is 1. The summed E-state index contributed by atoms with van der Waals surface area (Å²) in [5.41, 5.74) is 0.